The minimum Gasteiger partial charge on any atom is -0.480 e. The van der Waals surface area contributed by atoms with E-state index in [9.17, 15) is 19.7 Å². The van der Waals surface area contributed by atoms with E-state index in [4.69, 9.17) is 10.2 Å². The number of aromatic nitrogens is 2. The van der Waals surface area contributed by atoms with Gasteiger partial charge in [-0.25, -0.2) is 4.79 Å². The fraction of sp³-hybridized carbons (Fsp3) is 0.500. The van der Waals surface area contributed by atoms with Crippen LogP contribution in [0.5, 0.6) is 0 Å². The number of aliphatic hydroxyl groups is 1. The summed E-state index contributed by atoms with van der Waals surface area (Å²) in [5.74, 6) is -2.08. The maximum absolute atomic E-state index is 11.5. The number of carboxylic acid groups (broad SMARTS) is 1. The molecule has 0 radical (unpaired) electrons. The van der Waals surface area contributed by atoms with E-state index in [-0.39, 0.29) is 31.8 Å². The lowest BCUT2D eigenvalue weighted by Crippen LogP contribution is -2.41. The third-order valence-electron chi connectivity index (χ3n) is 2.45. The summed E-state index contributed by atoms with van der Waals surface area (Å²) >= 11 is 0. The molecule has 0 spiro atoms. The highest BCUT2D eigenvalue weighted by Crippen LogP contribution is 2.06. The van der Waals surface area contributed by atoms with Gasteiger partial charge in [0, 0.05) is 26.0 Å². The van der Waals surface area contributed by atoms with Gasteiger partial charge < -0.3 is 30.2 Å². The summed E-state index contributed by atoms with van der Waals surface area (Å²) in [6, 6.07) is -1.15. The largest absolute Gasteiger partial charge is 0.480 e. The van der Waals surface area contributed by atoms with Gasteiger partial charge in [-0.3, -0.25) is 4.79 Å². The summed E-state index contributed by atoms with van der Waals surface area (Å²) in [4.78, 5) is 35.6. The first kappa shape index (κ1) is 15.6. The zero-order valence-corrected chi connectivity index (χ0v) is 10.4. The number of carboxylic acids is 1. The Bertz CT molecular complexity index is 500. The molecule has 0 aliphatic heterocycles. The third kappa shape index (κ3) is 4.65. The van der Waals surface area contributed by atoms with Crippen molar-refractivity contribution in [1.82, 2.24) is 14.9 Å². The van der Waals surface area contributed by atoms with Crippen molar-refractivity contribution in [2.75, 3.05) is 6.61 Å². The normalized spacial score (nSPS) is 11.8. The summed E-state index contributed by atoms with van der Waals surface area (Å²) in [7, 11) is 0. The van der Waals surface area contributed by atoms with Crippen LogP contribution in [-0.2, 0) is 16.1 Å². The SMILES string of the molecule is O=C(CCn1cnc([N+](=O)[O-])c1)NC(CCO)C(=O)O. The van der Waals surface area contributed by atoms with Gasteiger partial charge in [0.1, 0.15) is 12.2 Å². The van der Waals surface area contributed by atoms with E-state index in [0.29, 0.717) is 0 Å². The third-order valence-corrected chi connectivity index (χ3v) is 2.45. The zero-order valence-electron chi connectivity index (χ0n) is 10.4. The maximum atomic E-state index is 11.5. The van der Waals surface area contributed by atoms with E-state index in [1.165, 1.54) is 17.1 Å². The van der Waals surface area contributed by atoms with Gasteiger partial charge in [0.25, 0.3) is 0 Å². The van der Waals surface area contributed by atoms with Crippen molar-refractivity contribution in [2.24, 2.45) is 0 Å². The summed E-state index contributed by atoms with van der Waals surface area (Å²) in [6.07, 6.45) is 2.25. The molecule has 1 atom stereocenters. The number of carbonyl (C=O) groups is 2. The molecular formula is C10H14N4O6. The van der Waals surface area contributed by atoms with Gasteiger partial charge in [-0.15, -0.1) is 0 Å². The van der Waals surface area contributed by atoms with Crippen molar-refractivity contribution in [3.05, 3.63) is 22.6 Å². The summed E-state index contributed by atoms with van der Waals surface area (Å²) in [5.41, 5.74) is 0. The Kier molecular flexibility index (Phi) is 5.59. The van der Waals surface area contributed by atoms with Crippen LogP contribution in [0.1, 0.15) is 12.8 Å². The maximum Gasteiger partial charge on any atom is 0.381 e. The molecule has 0 bridgehead atoms. The molecule has 1 amide bonds. The van der Waals surface area contributed by atoms with Crippen LogP contribution in [0, 0.1) is 10.1 Å². The number of aliphatic hydroxyl groups excluding tert-OH is 1. The van der Waals surface area contributed by atoms with Gasteiger partial charge in [0.05, 0.1) is 0 Å². The fourth-order valence-corrected chi connectivity index (χ4v) is 1.45. The first-order valence-electron chi connectivity index (χ1n) is 5.73. The van der Waals surface area contributed by atoms with Crippen molar-refractivity contribution < 1.29 is 24.7 Å². The molecule has 1 heterocycles. The first-order chi connectivity index (χ1) is 9.43. The van der Waals surface area contributed by atoms with Gasteiger partial charge in [-0.1, -0.05) is 0 Å². The molecule has 0 aliphatic carbocycles. The molecule has 20 heavy (non-hydrogen) atoms. The lowest BCUT2D eigenvalue weighted by Gasteiger charge is -2.12. The average molecular weight is 286 g/mol. The molecule has 0 saturated carbocycles. The molecule has 0 fully saturated rings. The molecule has 0 saturated heterocycles. The lowest BCUT2D eigenvalue weighted by molar-refractivity contribution is -0.389. The quantitative estimate of drug-likeness (QED) is 0.415. The van der Waals surface area contributed by atoms with E-state index in [1.54, 1.807) is 0 Å². The van der Waals surface area contributed by atoms with Gasteiger partial charge >= 0.3 is 11.8 Å². The van der Waals surface area contributed by atoms with Crippen molar-refractivity contribution in [3.63, 3.8) is 0 Å². The number of hydrogen-bond donors (Lipinski definition) is 3. The number of carbonyl (C=O) groups excluding carboxylic acids is 1. The number of hydrogen-bond acceptors (Lipinski definition) is 6. The summed E-state index contributed by atoms with van der Waals surface area (Å²) in [5, 5.41) is 30.1. The van der Waals surface area contributed by atoms with Crippen LogP contribution >= 0.6 is 0 Å². The highest BCUT2D eigenvalue weighted by atomic mass is 16.6. The zero-order chi connectivity index (χ0) is 15.1. The molecule has 0 aromatic carbocycles. The number of nitro groups is 1. The van der Waals surface area contributed by atoms with Crippen LogP contribution in [0.15, 0.2) is 12.5 Å². The summed E-state index contributed by atoms with van der Waals surface area (Å²) < 4.78 is 1.36. The Morgan fingerprint density at radius 2 is 2.25 bits per heavy atom. The Morgan fingerprint density at radius 3 is 2.75 bits per heavy atom. The Labute approximate surface area is 113 Å². The second-order valence-corrected chi connectivity index (χ2v) is 3.95. The number of amides is 1. The summed E-state index contributed by atoms with van der Waals surface area (Å²) in [6.45, 7) is -0.219. The van der Waals surface area contributed by atoms with Gasteiger partial charge in [-0.05, 0) is 9.91 Å². The monoisotopic (exact) mass is 286 g/mol. The van der Waals surface area contributed by atoms with Crippen molar-refractivity contribution in [3.8, 4) is 0 Å². The molecule has 1 rings (SSSR count). The predicted octanol–water partition coefficient (Wildman–Crippen LogP) is -0.867. The van der Waals surface area contributed by atoms with Crippen LogP contribution in [0.2, 0.25) is 0 Å². The van der Waals surface area contributed by atoms with Crippen LogP contribution in [-0.4, -0.2) is 49.2 Å². The van der Waals surface area contributed by atoms with Crippen LogP contribution in [0.25, 0.3) is 0 Å². The minimum absolute atomic E-state index is 0.0529. The van der Waals surface area contributed by atoms with Gasteiger partial charge in [0.2, 0.25) is 12.2 Å². The van der Waals surface area contributed by atoms with Gasteiger partial charge in [-0.2, -0.15) is 0 Å². The number of imidazole rings is 1. The van der Waals surface area contributed by atoms with Crippen molar-refractivity contribution in [2.45, 2.75) is 25.4 Å². The van der Waals surface area contributed by atoms with Crippen molar-refractivity contribution in [1.29, 1.82) is 0 Å². The number of nitrogens with one attached hydrogen (secondary N) is 1. The Hall–Kier alpha value is -2.49. The van der Waals surface area contributed by atoms with E-state index in [0.717, 1.165) is 0 Å². The highest BCUT2D eigenvalue weighted by molar-refractivity contribution is 5.83. The molecular weight excluding hydrogens is 272 g/mol. The second kappa shape index (κ2) is 7.19. The number of rotatable bonds is 8. The topological polar surface area (TPSA) is 148 Å². The number of aryl methyl sites for hydroxylation is 1. The van der Waals surface area contributed by atoms with Crippen LogP contribution in [0.4, 0.5) is 5.82 Å². The molecule has 1 aromatic heterocycles. The fourth-order valence-electron chi connectivity index (χ4n) is 1.45. The van der Waals surface area contributed by atoms with Crippen LogP contribution in [0.3, 0.4) is 0 Å². The molecule has 3 N–H and O–H groups in total. The van der Waals surface area contributed by atoms with E-state index in [1.807, 2.05) is 0 Å². The van der Waals surface area contributed by atoms with Gasteiger partial charge in [0.15, 0.2) is 0 Å². The standard InChI is InChI=1S/C10H14N4O6/c15-4-2-7(10(17)18)12-9(16)1-3-13-5-8(11-6-13)14(19)20/h5-7,15H,1-4H2,(H,12,16)(H,17,18). The lowest BCUT2D eigenvalue weighted by atomic mass is 10.2. The molecule has 0 aliphatic rings. The Morgan fingerprint density at radius 1 is 1.55 bits per heavy atom. The smallest absolute Gasteiger partial charge is 0.381 e. The van der Waals surface area contributed by atoms with Crippen LogP contribution < -0.4 is 5.32 Å². The van der Waals surface area contributed by atoms with E-state index >= 15 is 0 Å². The molecule has 10 heteroatoms. The highest BCUT2D eigenvalue weighted by Gasteiger charge is 2.19. The van der Waals surface area contributed by atoms with Crippen molar-refractivity contribution >= 4 is 17.7 Å². The van der Waals surface area contributed by atoms with E-state index < -0.39 is 22.8 Å². The van der Waals surface area contributed by atoms with E-state index in [2.05, 4.69) is 10.3 Å². The second-order valence-electron chi connectivity index (χ2n) is 3.95. The Balaban J connectivity index is 2.45. The average Bonchev–Trinajstić information content (AvgIpc) is 2.84. The number of nitrogens with zero attached hydrogens (tertiary/aromatic N) is 3. The molecule has 110 valence electrons. The predicted molar refractivity (Wildman–Crippen MR) is 64.8 cm³/mol. The molecule has 1 unspecified atom stereocenters. The number of aliphatic carboxylic acids is 1. The molecule has 1 aromatic rings. The minimum atomic E-state index is -1.23. The first-order valence-corrected chi connectivity index (χ1v) is 5.73. The molecule has 10 nitrogen and oxygen atoms in total.